The van der Waals surface area contributed by atoms with Crippen molar-refractivity contribution in [1.82, 2.24) is 0 Å². The second kappa shape index (κ2) is 6.86. The molecule has 1 nitrogen and oxygen atoms in total. The van der Waals surface area contributed by atoms with E-state index in [2.05, 4.69) is 38.1 Å². The second-order valence-corrected chi connectivity index (χ2v) is 5.67. The number of hydrogen-bond acceptors (Lipinski definition) is 1. The van der Waals surface area contributed by atoms with Gasteiger partial charge in [-0.15, -0.1) is 0 Å². The van der Waals surface area contributed by atoms with Crippen molar-refractivity contribution in [2.45, 2.75) is 44.6 Å². The van der Waals surface area contributed by atoms with E-state index < -0.39 is 0 Å². The molecule has 0 amide bonds. The Bertz CT molecular complexity index is 561. The lowest BCUT2D eigenvalue weighted by Gasteiger charge is -2.38. The van der Waals surface area contributed by atoms with Crippen LogP contribution in [0.2, 0.25) is 0 Å². The van der Waals surface area contributed by atoms with Crippen LogP contribution in [0, 0.1) is 5.82 Å². The van der Waals surface area contributed by atoms with Crippen molar-refractivity contribution in [1.29, 1.82) is 0 Å². The third-order valence-corrected chi connectivity index (χ3v) is 4.66. The Hall–Kier alpha value is -1.67. The van der Waals surface area contributed by atoms with Crippen molar-refractivity contribution in [3.05, 3.63) is 71.5 Å². The maximum Gasteiger partial charge on any atom is 0.123 e. The van der Waals surface area contributed by atoms with Gasteiger partial charge in [-0.2, -0.15) is 0 Å². The smallest absolute Gasteiger partial charge is 0.123 e. The predicted octanol–water partition coefficient (Wildman–Crippen LogP) is 4.45. The minimum atomic E-state index is -0.196. The predicted molar refractivity (Wildman–Crippen MR) is 86.8 cm³/mol. The van der Waals surface area contributed by atoms with E-state index in [1.807, 2.05) is 12.1 Å². The molecule has 0 aliphatic carbocycles. The van der Waals surface area contributed by atoms with Crippen LogP contribution >= 0.6 is 0 Å². The van der Waals surface area contributed by atoms with Crippen LogP contribution in [-0.2, 0) is 11.8 Å². The van der Waals surface area contributed by atoms with Crippen LogP contribution in [0.15, 0.2) is 54.6 Å². The van der Waals surface area contributed by atoms with Crippen LogP contribution < -0.4 is 5.73 Å². The molecule has 0 aliphatic rings. The quantitative estimate of drug-likeness (QED) is 0.833. The van der Waals surface area contributed by atoms with Gasteiger partial charge in [0.25, 0.3) is 0 Å². The van der Waals surface area contributed by atoms with E-state index in [4.69, 9.17) is 5.73 Å². The zero-order valence-electron chi connectivity index (χ0n) is 12.9. The number of nitrogens with two attached hydrogens (primary N) is 1. The molecule has 0 bridgehead atoms. The Labute approximate surface area is 127 Å². The monoisotopic (exact) mass is 285 g/mol. The van der Waals surface area contributed by atoms with Gasteiger partial charge in [-0.1, -0.05) is 56.3 Å². The van der Waals surface area contributed by atoms with E-state index in [1.54, 1.807) is 12.1 Å². The highest BCUT2D eigenvalue weighted by Gasteiger charge is 2.34. The van der Waals surface area contributed by atoms with E-state index in [0.717, 1.165) is 18.4 Å². The van der Waals surface area contributed by atoms with Crippen LogP contribution in [0.25, 0.3) is 0 Å². The van der Waals surface area contributed by atoms with E-state index in [-0.39, 0.29) is 17.3 Å². The molecule has 2 rings (SSSR count). The number of hydrogen-bond donors (Lipinski definition) is 1. The summed E-state index contributed by atoms with van der Waals surface area (Å²) in [6, 6.07) is 17.2. The van der Waals surface area contributed by atoms with E-state index in [0.29, 0.717) is 6.42 Å². The highest BCUT2D eigenvalue weighted by atomic mass is 19.1. The van der Waals surface area contributed by atoms with Crippen molar-refractivity contribution in [2.24, 2.45) is 5.73 Å². The molecule has 0 fully saturated rings. The molecule has 21 heavy (non-hydrogen) atoms. The Morgan fingerprint density at radius 2 is 1.67 bits per heavy atom. The first-order valence-electron chi connectivity index (χ1n) is 7.68. The molecule has 2 aromatic carbocycles. The fourth-order valence-electron chi connectivity index (χ4n) is 3.28. The topological polar surface area (TPSA) is 26.0 Å². The largest absolute Gasteiger partial charge is 0.327 e. The fourth-order valence-corrected chi connectivity index (χ4v) is 3.28. The minimum absolute atomic E-state index is 0.0308. The summed E-state index contributed by atoms with van der Waals surface area (Å²) in [5, 5.41) is 0. The van der Waals surface area contributed by atoms with Gasteiger partial charge >= 0.3 is 0 Å². The van der Waals surface area contributed by atoms with Crippen molar-refractivity contribution in [3.63, 3.8) is 0 Å². The van der Waals surface area contributed by atoms with E-state index >= 15 is 0 Å². The zero-order chi connectivity index (χ0) is 15.3. The van der Waals surface area contributed by atoms with Crippen LogP contribution in [-0.4, -0.2) is 6.04 Å². The molecule has 2 heteroatoms. The van der Waals surface area contributed by atoms with Crippen molar-refractivity contribution >= 4 is 0 Å². The highest BCUT2D eigenvalue weighted by molar-refractivity contribution is 5.29. The summed E-state index contributed by atoms with van der Waals surface area (Å²) in [6.45, 7) is 4.36. The summed E-state index contributed by atoms with van der Waals surface area (Å²) in [4.78, 5) is 0. The van der Waals surface area contributed by atoms with Crippen molar-refractivity contribution < 1.29 is 4.39 Å². The molecular weight excluding hydrogens is 261 g/mol. The number of benzene rings is 2. The second-order valence-electron chi connectivity index (χ2n) is 5.67. The molecule has 0 aliphatic heterocycles. The van der Waals surface area contributed by atoms with Gasteiger partial charge in [-0.25, -0.2) is 4.39 Å². The van der Waals surface area contributed by atoms with Gasteiger partial charge in [-0.3, -0.25) is 0 Å². The van der Waals surface area contributed by atoms with Crippen LogP contribution in [0.1, 0.15) is 37.8 Å². The normalized spacial score (nSPS) is 13.1. The SMILES string of the molecule is CCC(CC)(c1ccccc1)C(N)Cc1cccc(F)c1. The third kappa shape index (κ3) is 3.33. The van der Waals surface area contributed by atoms with E-state index in [9.17, 15) is 4.39 Å². The maximum absolute atomic E-state index is 13.4. The number of halogens is 1. The van der Waals surface area contributed by atoms with Crippen molar-refractivity contribution in [3.8, 4) is 0 Å². The molecule has 0 heterocycles. The first kappa shape index (κ1) is 15.7. The summed E-state index contributed by atoms with van der Waals surface area (Å²) in [5.74, 6) is -0.196. The third-order valence-electron chi connectivity index (χ3n) is 4.66. The van der Waals surface area contributed by atoms with E-state index in [1.165, 1.54) is 11.6 Å². The molecule has 0 radical (unpaired) electrons. The Morgan fingerprint density at radius 1 is 1.00 bits per heavy atom. The molecule has 0 spiro atoms. The maximum atomic E-state index is 13.4. The standard InChI is InChI=1S/C19H24FN/c1-3-19(4-2,16-10-6-5-7-11-16)18(21)14-15-9-8-12-17(20)13-15/h5-13,18H,3-4,14,21H2,1-2H3. The first-order valence-corrected chi connectivity index (χ1v) is 7.68. The lowest BCUT2D eigenvalue weighted by molar-refractivity contribution is 0.315. The average molecular weight is 285 g/mol. The molecule has 112 valence electrons. The lowest BCUT2D eigenvalue weighted by atomic mass is 9.69. The van der Waals surface area contributed by atoms with Gasteiger partial charge < -0.3 is 5.73 Å². The molecule has 1 unspecified atom stereocenters. The fraction of sp³-hybridized carbons (Fsp3) is 0.368. The van der Waals surface area contributed by atoms with Gasteiger partial charge in [0.15, 0.2) is 0 Å². The molecule has 0 saturated carbocycles. The summed E-state index contributed by atoms with van der Waals surface area (Å²) >= 11 is 0. The molecule has 2 aromatic rings. The van der Waals surface area contributed by atoms with Gasteiger partial charge in [-0.05, 0) is 42.5 Å². The summed E-state index contributed by atoms with van der Waals surface area (Å²) in [5.41, 5.74) is 8.74. The van der Waals surface area contributed by atoms with Crippen molar-refractivity contribution in [2.75, 3.05) is 0 Å². The average Bonchev–Trinajstić information content (AvgIpc) is 2.50. The first-order chi connectivity index (χ1) is 10.1. The van der Waals surface area contributed by atoms with Gasteiger partial charge in [0.2, 0.25) is 0 Å². The number of rotatable bonds is 6. The zero-order valence-corrected chi connectivity index (χ0v) is 12.9. The van der Waals surface area contributed by atoms with Gasteiger partial charge in [0.1, 0.15) is 5.82 Å². The Kier molecular flexibility index (Phi) is 5.13. The molecular formula is C19H24FN. The lowest BCUT2D eigenvalue weighted by Crippen LogP contribution is -2.46. The van der Waals surface area contributed by atoms with Gasteiger partial charge in [0.05, 0.1) is 0 Å². The molecule has 2 N–H and O–H groups in total. The minimum Gasteiger partial charge on any atom is -0.327 e. The Morgan fingerprint density at radius 3 is 2.24 bits per heavy atom. The molecule has 0 aromatic heterocycles. The van der Waals surface area contributed by atoms with Crippen LogP contribution in [0.3, 0.4) is 0 Å². The highest BCUT2D eigenvalue weighted by Crippen LogP contribution is 2.35. The molecule has 0 saturated heterocycles. The van der Waals surface area contributed by atoms with Gasteiger partial charge in [0, 0.05) is 11.5 Å². The van der Waals surface area contributed by atoms with Crippen LogP contribution in [0.4, 0.5) is 4.39 Å². The summed E-state index contributed by atoms with van der Waals surface area (Å²) in [6.07, 6.45) is 2.64. The Balaban J connectivity index is 2.29. The summed E-state index contributed by atoms with van der Waals surface area (Å²) < 4.78 is 13.4. The molecule has 1 atom stereocenters. The van der Waals surface area contributed by atoms with Crippen LogP contribution in [0.5, 0.6) is 0 Å². The summed E-state index contributed by atoms with van der Waals surface area (Å²) in [7, 11) is 0.